The quantitative estimate of drug-likeness (QED) is 0.808. The number of aromatic nitrogens is 2. The standard InChI is InChI=1S/C13H22N4O/c1-13(15,12(14)18)7-4-8-17-9-16-10-5-2-3-6-11(10)17/h9H,2-8,15H2,1H3,(H2,14,18). The van der Waals surface area contributed by atoms with Crippen molar-refractivity contribution in [1.82, 2.24) is 9.55 Å². The molecule has 100 valence electrons. The van der Waals surface area contributed by atoms with Crippen molar-refractivity contribution < 1.29 is 4.79 Å². The molecule has 0 spiro atoms. The molecule has 5 nitrogen and oxygen atoms in total. The van der Waals surface area contributed by atoms with Crippen LogP contribution in [-0.2, 0) is 24.2 Å². The van der Waals surface area contributed by atoms with E-state index in [2.05, 4.69) is 9.55 Å². The minimum atomic E-state index is -0.902. The molecule has 1 aliphatic carbocycles. The second kappa shape index (κ2) is 5.10. The van der Waals surface area contributed by atoms with E-state index in [-0.39, 0.29) is 0 Å². The maximum absolute atomic E-state index is 11.1. The van der Waals surface area contributed by atoms with Crippen molar-refractivity contribution in [2.24, 2.45) is 11.5 Å². The van der Waals surface area contributed by atoms with E-state index in [1.807, 2.05) is 6.33 Å². The van der Waals surface area contributed by atoms with Crippen LogP contribution >= 0.6 is 0 Å². The Labute approximate surface area is 108 Å². The van der Waals surface area contributed by atoms with Crippen LogP contribution in [0.15, 0.2) is 6.33 Å². The number of primary amides is 1. The van der Waals surface area contributed by atoms with Crippen molar-refractivity contribution in [2.75, 3.05) is 0 Å². The lowest BCUT2D eigenvalue weighted by atomic mass is 9.96. The molecule has 5 heteroatoms. The SMILES string of the molecule is CC(N)(CCCn1cnc2c1CCCC2)C(N)=O. The molecule has 0 saturated carbocycles. The number of amides is 1. The average molecular weight is 250 g/mol. The zero-order valence-corrected chi connectivity index (χ0v) is 11.0. The number of carbonyl (C=O) groups is 1. The molecule has 0 fully saturated rings. The Bertz CT molecular complexity index is 436. The second-order valence-corrected chi connectivity index (χ2v) is 5.42. The van der Waals surface area contributed by atoms with Crippen molar-refractivity contribution in [3.63, 3.8) is 0 Å². The molecule has 1 aliphatic rings. The number of fused-ring (bicyclic) bond motifs is 1. The van der Waals surface area contributed by atoms with Gasteiger partial charge in [0.05, 0.1) is 17.6 Å². The van der Waals surface area contributed by atoms with Crippen molar-refractivity contribution in [3.8, 4) is 0 Å². The van der Waals surface area contributed by atoms with E-state index in [1.165, 1.54) is 24.2 Å². The highest BCUT2D eigenvalue weighted by molar-refractivity contribution is 5.83. The van der Waals surface area contributed by atoms with Gasteiger partial charge in [-0.1, -0.05) is 0 Å². The molecule has 1 aromatic heterocycles. The summed E-state index contributed by atoms with van der Waals surface area (Å²) in [5, 5.41) is 0. The van der Waals surface area contributed by atoms with E-state index < -0.39 is 11.4 Å². The van der Waals surface area contributed by atoms with Gasteiger partial charge in [-0.05, 0) is 45.4 Å². The van der Waals surface area contributed by atoms with Gasteiger partial charge in [-0.25, -0.2) is 4.98 Å². The van der Waals surface area contributed by atoms with Gasteiger partial charge in [0.15, 0.2) is 0 Å². The predicted molar refractivity (Wildman–Crippen MR) is 69.9 cm³/mol. The minimum Gasteiger partial charge on any atom is -0.368 e. The van der Waals surface area contributed by atoms with Crippen molar-refractivity contribution >= 4 is 5.91 Å². The number of hydrogen-bond acceptors (Lipinski definition) is 3. The first kappa shape index (κ1) is 13.1. The molecule has 1 heterocycles. The maximum atomic E-state index is 11.1. The normalized spacial score (nSPS) is 18.1. The van der Waals surface area contributed by atoms with Crippen LogP contribution in [0.25, 0.3) is 0 Å². The van der Waals surface area contributed by atoms with Crippen LogP contribution in [0.2, 0.25) is 0 Å². The Kier molecular flexibility index (Phi) is 3.71. The molecule has 0 saturated heterocycles. The van der Waals surface area contributed by atoms with Crippen LogP contribution in [0.4, 0.5) is 0 Å². The number of rotatable bonds is 5. The molecule has 18 heavy (non-hydrogen) atoms. The van der Waals surface area contributed by atoms with Gasteiger partial charge in [0.2, 0.25) is 5.91 Å². The van der Waals surface area contributed by atoms with Gasteiger partial charge in [0.1, 0.15) is 0 Å². The lowest BCUT2D eigenvalue weighted by Crippen LogP contribution is -2.49. The highest BCUT2D eigenvalue weighted by Crippen LogP contribution is 2.20. The first-order valence-electron chi connectivity index (χ1n) is 6.62. The molecule has 0 bridgehead atoms. The van der Waals surface area contributed by atoms with Crippen LogP contribution in [0, 0.1) is 0 Å². The molecule has 0 aliphatic heterocycles. The Balaban J connectivity index is 1.91. The second-order valence-electron chi connectivity index (χ2n) is 5.42. The van der Waals surface area contributed by atoms with Crippen LogP contribution < -0.4 is 11.5 Å². The Morgan fingerprint density at radius 3 is 2.94 bits per heavy atom. The number of aryl methyl sites for hydroxylation is 2. The van der Waals surface area contributed by atoms with Crippen LogP contribution in [0.3, 0.4) is 0 Å². The summed E-state index contributed by atoms with van der Waals surface area (Å²) in [5.41, 5.74) is 12.8. The number of nitrogens with two attached hydrogens (primary N) is 2. The van der Waals surface area contributed by atoms with E-state index >= 15 is 0 Å². The molecule has 4 N–H and O–H groups in total. The smallest absolute Gasteiger partial charge is 0.237 e. The molecule has 1 aromatic rings. The molecular formula is C13H22N4O. The largest absolute Gasteiger partial charge is 0.368 e. The summed E-state index contributed by atoms with van der Waals surface area (Å²) >= 11 is 0. The van der Waals surface area contributed by atoms with E-state index in [9.17, 15) is 4.79 Å². The fourth-order valence-corrected chi connectivity index (χ4v) is 2.46. The zero-order valence-electron chi connectivity index (χ0n) is 11.0. The van der Waals surface area contributed by atoms with Gasteiger partial charge < -0.3 is 16.0 Å². The molecule has 1 amide bonds. The molecule has 1 atom stereocenters. The highest BCUT2D eigenvalue weighted by Gasteiger charge is 2.25. The summed E-state index contributed by atoms with van der Waals surface area (Å²) in [6.07, 6.45) is 8.06. The summed E-state index contributed by atoms with van der Waals surface area (Å²) in [7, 11) is 0. The van der Waals surface area contributed by atoms with E-state index in [4.69, 9.17) is 11.5 Å². The van der Waals surface area contributed by atoms with E-state index in [1.54, 1.807) is 6.92 Å². The predicted octanol–water partition coefficient (Wildman–Crippen LogP) is 0.745. The van der Waals surface area contributed by atoms with E-state index in [0.29, 0.717) is 6.42 Å². The molecule has 1 unspecified atom stereocenters. The van der Waals surface area contributed by atoms with Gasteiger partial charge in [-0.3, -0.25) is 4.79 Å². The monoisotopic (exact) mass is 250 g/mol. The Hall–Kier alpha value is -1.36. The first-order chi connectivity index (χ1) is 8.50. The Morgan fingerprint density at radius 1 is 1.50 bits per heavy atom. The number of carbonyl (C=O) groups excluding carboxylic acids is 1. The van der Waals surface area contributed by atoms with Gasteiger partial charge in [0.25, 0.3) is 0 Å². The zero-order chi connectivity index (χ0) is 13.2. The van der Waals surface area contributed by atoms with Gasteiger partial charge >= 0.3 is 0 Å². The van der Waals surface area contributed by atoms with Gasteiger partial charge in [-0.2, -0.15) is 0 Å². The third kappa shape index (κ3) is 2.72. The van der Waals surface area contributed by atoms with Crippen molar-refractivity contribution in [2.45, 2.75) is 57.5 Å². The fraction of sp³-hybridized carbons (Fsp3) is 0.692. The fourth-order valence-electron chi connectivity index (χ4n) is 2.46. The van der Waals surface area contributed by atoms with Crippen LogP contribution in [0.5, 0.6) is 0 Å². The summed E-state index contributed by atoms with van der Waals surface area (Å²) in [6.45, 7) is 2.56. The van der Waals surface area contributed by atoms with Crippen LogP contribution in [-0.4, -0.2) is 21.0 Å². The third-order valence-corrected chi connectivity index (χ3v) is 3.77. The first-order valence-corrected chi connectivity index (χ1v) is 6.62. The molecule has 2 rings (SSSR count). The Morgan fingerprint density at radius 2 is 2.22 bits per heavy atom. The van der Waals surface area contributed by atoms with Crippen molar-refractivity contribution in [1.29, 1.82) is 0 Å². The summed E-state index contributed by atoms with van der Waals surface area (Å²) in [5.74, 6) is -0.435. The lowest BCUT2D eigenvalue weighted by molar-refractivity contribution is -0.122. The summed E-state index contributed by atoms with van der Waals surface area (Å²) in [4.78, 5) is 15.6. The maximum Gasteiger partial charge on any atom is 0.237 e. The molecule has 0 aromatic carbocycles. The van der Waals surface area contributed by atoms with Gasteiger partial charge in [0, 0.05) is 12.2 Å². The summed E-state index contributed by atoms with van der Waals surface area (Å²) < 4.78 is 2.20. The van der Waals surface area contributed by atoms with Crippen LogP contribution in [0.1, 0.15) is 44.0 Å². The third-order valence-electron chi connectivity index (χ3n) is 3.77. The molecular weight excluding hydrogens is 228 g/mol. The molecule has 0 radical (unpaired) electrons. The number of nitrogens with zero attached hydrogens (tertiary/aromatic N) is 2. The highest BCUT2D eigenvalue weighted by atomic mass is 16.1. The average Bonchev–Trinajstić information content (AvgIpc) is 2.72. The topological polar surface area (TPSA) is 86.9 Å². The van der Waals surface area contributed by atoms with Gasteiger partial charge in [-0.15, -0.1) is 0 Å². The van der Waals surface area contributed by atoms with E-state index in [0.717, 1.165) is 25.8 Å². The number of hydrogen-bond donors (Lipinski definition) is 2. The van der Waals surface area contributed by atoms with Crippen molar-refractivity contribution in [3.05, 3.63) is 17.7 Å². The minimum absolute atomic E-state index is 0.435. The summed E-state index contributed by atoms with van der Waals surface area (Å²) in [6, 6.07) is 0. The lowest BCUT2D eigenvalue weighted by Gasteiger charge is -2.21. The number of imidazole rings is 1.